The van der Waals surface area contributed by atoms with Gasteiger partial charge in [-0.05, 0) is 29.9 Å². The lowest BCUT2D eigenvalue weighted by Gasteiger charge is -2.26. The van der Waals surface area contributed by atoms with Crippen molar-refractivity contribution in [2.45, 2.75) is 64.7 Å². The molecular formula is C25H37N5O5S. The van der Waals surface area contributed by atoms with Crippen LogP contribution in [0.1, 0.15) is 39.7 Å². The zero-order chi connectivity index (χ0) is 27.0. The Morgan fingerprint density at radius 1 is 0.972 bits per heavy atom. The molecule has 0 aliphatic carbocycles. The lowest BCUT2D eigenvalue weighted by Crippen LogP contribution is -2.58. The van der Waals surface area contributed by atoms with Crippen LogP contribution in [0.25, 0.3) is 10.9 Å². The number of nitrogens with one attached hydrogen (secondary N) is 4. The van der Waals surface area contributed by atoms with Gasteiger partial charge in [0.05, 0.1) is 6.04 Å². The first-order valence-electron chi connectivity index (χ1n) is 12.0. The van der Waals surface area contributed by atoms with Crippen LogP contribution in [-0.4, -0.2) is 63.7 Å². The fourth-order valence-electron chi connectivity index (χ4n) is 3.83. The summed E-state index contributed by atoms with van der Waals surface area (Å²) < 4.78 is 0. The number of aliphatic carboxylic acids is 1. The second kappa shape index (κ2) is 13.3. The molecule has 0 saturated heterocycles. The molecular weight excluding hydrogens is 482 g/mol. The van der Waals surface area contributed by atoms with Crippen LogP contribution < -0.4 is 21.7 Å². The van der Waals surface area contributed by atoms with E-state index in [2.05, 4.69) is 33.6 Å². The normalized spacial score (nSPS) is 14.8. The third kappa shape index (κ3) is 7.99. The fraction of sp³-hybridized carbons (Fsp3) is 0.520. The fourth-order valence-corrected chi connectivity index (χ4v) is 4.00. The first-order valence-corrected chi connectivity index (χ1v) is 12.6. The van der Waals surface area contributed by atoms with E-state index < -0.39 is 47.9 Å². The van der Waals surface area contributed by atoms with E-state index in [0.29, 0.717) is 0 Å². The van der Waals surface area contributed by atoms with Gasteiger partial charge in [0, 0.05) is 29.3 Å². The maximum Gasteiger partial charge on any atom is 0.326 e. The lowest BCUT2D eigenvalue weighted by molar-refractivity contribution is -0.143. The van der Waals surface area contributed by atoms with Gasteiger partial charge in [0.2, 0.25) is 17.7 Å². The first kappa shape index (κ1) is 29.2. The minimum Gasteiger partial charge on any atom is -0.480 e. The van der Waals surface area contributed by atoms with Gasteiger partial charge in [0.1, 0.15) is 18.1 Å². The summed E-state index contributed by atoms with van der Waals surface area (Å²) in [6, 6.07) is 3.55. The number of fused-ring (bicyclic) bond motifs is 1. The molecule has 11 heteroatoms. The summed E-state index contributed by atoms with van der Waals surface area (Å²) in [6.45, 7) is 7.15. The Hall–Kier alpha value is -3.05. The van der Waals surface area contributed by atoms with Crippen molar-refractivity contribution in [1.82, 2.24) is 20.9 Å². The molecule has 7 N–H and O–H groups in total. The summed E-state index contributed by atoms with van der Waals surface area (Å²) in [5, 5.41) is 18.3. The smallest absolute Gasteiger partial charge is 0.326 e. The zero-order valence-corrected chi connectivity index (χ0v) is 22.0. The van der Waals surface area contributed by atoms with Gasteiger partial charge in [-0.25, -0.2) is 4.79 Å². The van der Waals surface area contributed by atoms with Crippen LogP contribution >= 0.6 is 12.6 Å². The molecule has 0 saturated carbocycles. The van der Waals surface area contributed by atoms with E-state index in [4.69, 9.17) is 5.73 Å². The molecule has 2 aromatic rings. The second-order valence-electron chi connectivity index (χ2n) is 9.67. The number of para-hydroxylation sites is 1. The Morgan fingerprint density at radius 2 is 1.58 bits per heavy atom. The maximum atomic E-state index is 13.4. The highest BCUT2D eigenvalue weighted by molar-refractivity contribution is 7.80. The number of carbonyl (C=O) groups excluding carboxylic acids is 3. The molecule has 4 unspecified atom stereocenters. The minimum atomic E-state index is -1.15. The number of carboxylic acid groups (broad SMARTS) is 1. The van der Waals surface area contributed by atoms with Gasteiger partial charge in [-0.3, -0.25) is 14.4 Å². The van der Waals surface area contributed by atoms with Gasteiger partial charge in [0.25, 0.3) is 0 Å². The second-order valence-corrected chi connectivity index (χ2v) is 10.0. The van der Waals surface area contributed by atoms with Crippen molar-refractivity contribution in [2.24, 2.45) is 17.6 Å². The number of benzene rings is 1. The summed E-state index contributed by atoms with van der Waals surface area (Å²) in [5.74, 6) is -3.09. The SMILES string of the molecule is CC(C)CC(NC(=O)C(Cc1c[nH]c2ccccc12)NC(=O)C(N)CS)C(=O)NC(C(=O)O)C(C)C. The summed E-state index contributed by atoms with van der Waals surface area (Å²) in [5.41, 5.74) is 7.50. The third-order valence-corrected chi connectivity index (χ3v) is 6.23. The van der Waals surface area contributed by atoms with Crippen LogP contribution in [0.5, 0.6) is 0 Å². The number of rotatable bonds is 13. The number of H-pyrrole nitrogens is 1. The summed E-state index contributed by atoms with van der Waals surface area (Å²) in [6.07, 6.45) is 2.21. The first-order chi connectivity index (χ1) is 16.9. The van der Waals surface area contributed by atoms with Gasteiger partial charge in [-0.2, -0.15) is 12.6 Å². The zero-order valence-electron chi connectivity index (χ0n) is 21.1. The molecule has 0 aliphatic heterocycles. The monoisotopic (exact) mass is 519 g/mol. The number of carbonyl (C=O) groups is 4. The predicted octanol–water partition coefficient (Wildman–Crippen LogP) is 1.21. The Balaban J connectivity index is 2.29. The maximum absolute atomic E-state index is 13.4. The molecule has 0 aliphatic rings. The van der Waals surface area contributed by atoms with E-state index >= 15 is 0 Å². The number of hydrogen-bond acceptors (Lipinski definition) is 6. The van der Waals surface area contributed by atoms with Crippen LogP contribution in [0.2, 0.25) is 0 Å². The molecule has 0 bridgehead atoms. The van der Waals surface area contributed by atoms with Crippen LogP contribution in [0.15, 0.2) is 30.5 Å². The summed E-state index contributed by atoms with van der Waals surface area (Å²) >= 11 is 4.06. The number of thiol groups is 1. The van der Waals surface area contributed by atoms with E-state index in [-0.39, 0.29) is 30.4 Å². The molecule has 0 spiro atoms. The standard InChI is InChI=1S/C25H37N5O5S/c1-13(2)9-19(24(33)30-21(14(3)4)25(34)35)29-23(32)20(28-22(31)17(26)12-36)10-15-11-27-18-8-6-5-7-16(15)18/h5-8,11,13-14,17,19-21,27,36H,9-10,12,26H2,1-4H3,(H,28,31)(H,29,32)(H,30,33)(H,34,35). The van der Waals surface area contributed by atoms with Gasteiger partial charge < -0.3 is 31.8 Å². The van der Waals surface area contributed by atoms with E-state index in [1.54, 1.807) is 20.0 Å². The molecule has 1 aromatic carbocycles. The van der Waals surface area contributed by atoms with Gasteiger partial charge in [-0.15, -0.1) is 0 Å². The van der Waals surface area contributed by atoms with Crippen LogP contribution in [0.3, 0.4) is 0 Å². The number of nitrogens with two attached hydrogens (primary N) is 1. The summed E-state index contributed by atoms with van der Waals surface area (Å²) in [4.78, 5) is 53.7. The number of aromatic nitrogens is 1. The van der Waals surface area contributed by atoms with Gasteiger partial charge >= 0.3 is 5.97 Å². The number of amides is 3. The predicted molar refractivity (Wildman–Crippen MR) is 142 cm³/mol. The molecule has 1 heterocycles. The van der Waals surface area contributed by atoms with Crippen LogP contribution in [-0.2, 0) is 25.6 Å². The van der Waals surface area contributed by atoms with Crippen molar-refractivity contribution in [1.29, 1.82) is 0 Å². The van der Waals surface area contributed by atoms with Gasteiger partial charge in [0.15, 0.2) is 0 Å². The molecule has 0 fully saturated rings. The Bertz CT molecular complexity index is 1070. The molecule has 10 nitrogen and oxygen atoms in total. The molecule has 4 atom stereocenters. The van der Waals surface area contributed by atoms with Crippen molar-refractivity contribution in [3.8, 4) is 0 Å². The van der Waals surface area contributed by atoms with E-state index in [9.17, 15) is 24.3 Å². The van der Waals surface area contributed by atoms with Crippen molar-refractivity contribution >= 4 is 47.2 Å². The lowest BCUT2D eigenvalue weighted by atomic mass is 9.99. The molecule has 0 radical (unpaired) electrons. The summed E-state index contributed by atoms with van der Waals surface area (Å²) in [7, 11) is 0. The van der Waals surface area contributed by atoms with Crippen molar-refractivity contribution in [3.63, 3.8) is 0 Å². The highest BCUT2D eigenvalue weighted by atomic mass is 32.1. The highest BCUT2D eigenvalue weighted by Gasteiger charge is 2.32. The van der Waals surface area contributed by atoms with Crippen LogP contribution in [0, 0.1) is 11.8 Å². The van der Waals surface area contributed by atoms with Crippen molar-refractivity contribution in [3.05, 3.63) is 36.0 Å². The largest absolute Gasteiger partial charge is 0.480 e. The van der Waals surface area contributed by atoms with Crippen molar-refractivity contribution in [2.75, 3.05) is 5.75 Å². The molecule has 1 aromatic heterocycles. The number of carboxylic acids is 1. The minimum absolute atomic E-state index is 0.0302. The Kier molecular flexibility index (Phi) is 10.8. The average Bonchev–Trinajstić information content (AvgIpc) is 3.22. The Morgan fingerprint density at radius 3 is 2.17 bits per heavy atom. The van der Waals surface area contributed by atoms with Crippen LogP contribution in [0.4, 0.5) is 0 Å². The number of aromatic amines is 1. The molecule has 3 amide bonds. The topological polar surface area (TPSA) is 166 Å². The van der Waals surface area contributed by atoms with E-state index in [1.165, 1.54) is 0 Å². The third-order valence-electron chi connectivity index (χ3n) is 5.84. The van der Waals surface area contributed by atoms with E-state index in [1.807, 2.05) is 38.1 Å². The molecule has 36 heavy (non-hydrogen) atoms. The molecule has 198 valence electrons. The highest BCUT2D eigenvalue weighted by Crippen LogP contribution is 2.19. The molecule has 2 rings (SSSR count). The average molecular weight is 520 g/mol. The van der Waals surface area contributed by atoms with E-state index in [0.717, 1.165) is 16.5 Å². The van der Waals surface area contributed by atoms with Gasteiger partial charge in [-0.1, -0.05) is 45.9 Å². The quantitative estimate of drug-likeness (QED) is 0.196. The number of hydrogen-bond donors (Lipinski definition) is 7. The van der Waals surface area contributed by atoms with Crippen molar-refractivity contribution < 1.29 is 24.3 Å². The Labute approximate surface area is 216 Å².